The summed E-state index contributed by atoms with van der Waals surface area (Å²) >= 11 is 1.63. The first-order chi connectivity index (χ1) is 14.2. The molecule has 2 unspecified atom stereocenters. The van der Waals surface area contributed by atoms with Gasteiger partial charge in [-0.2, -0.15) is 0 Å². The first-order valence-corrected chi connectivity index (χ1v) is 12.1. The molecule has 0 aromatic heterocycles. The molecular weight excluding hydrogens is 404 g/mol. The highest BCUT2D eigenvalue weighted by Crippen LogP contribution is 2.71. The standard InChI is InChI=1S/C22H36N2O5S/c1-6-8-11-23-18(26)17-22-10-9-21(5,30-22)16(20(28)29-7-2)15(22)19(27)24(17)14(12-25)13(3)4/h13-17,25H,6-12H2,1-5H3,(H,23,26)/t14-,15-,16+,17?,21-,22?/m0/s1. The molecule has 2 N–H and O–H groups in total. The highest BCUT2D eigenvalue weighted by molar-refractivity contribution is 8.02. The summed E-state index contributed by atoms with van der Waals surface area (Å²) in [5.41, 5.74) is 0. The van der Waals surface area contributed by atoms with Crippen molar-refractivity contribution in [3.05, 3.63) is 0 Å². The van der Waals surface area contributed by atoms with E-state index < -0.39 is 33.4 Å². The van der Waals surface area contributed by atoms with E-state index in [0.717, 1.165) is 19.3 Å². The van der Waals surface area contributed by atoms with E-state index in [4.69, 9.17) is 4.74 Å². The van der Waals surface area contributed by atoms with Crippen molar-refractivity contribution in [2.24, 2.45) is 17.8 Å². The van der Waals surface area contributed by atoms with Gasteiger partial charge in [0.05, 0.1) is 35.8 Å². The molecule has 3 rings (SSSR count). The number of fused-ring (bicyclic) bond motifs is 1. The van der Waals surface area contributed by atoms with Gasteiger partial charge in [-0.25, -0.2) is 0 Å². The second-order valence-corrected chi connectivity index (χ2v) is 11.3. The van der Waals surface area contributed by atoms with Crippen molar-refractivity contribution in [3.8, 4) is 0 Å². The average Bonchev–Trinajstić information content (AvgIpc) is 3.24. The molecule has 0 aromatic rings. The van der Waals surface area contributed by atoms with Crippen LogP contribution in [0.2, 0.25) is 0 Å². The van der Waals surface area contributed by atoms with Crippen LogP contribution in [-0.4, -0.2) is 69.1 Å². The zero-order valence-corrected chi connectivity index (χ0v) is 19.6. The average molecular weight is 441 g/mol. The summed E-state index contributed by atoms with van der Waals surface area (Å²) in [7, 11) is 0. The zero-order chi connectivity index (χ0) is 22.3. The Morgan fingerprint density at radius 1 is 1.33 bits per heavy atom. The molecule has 8 heteroatoms. The third-order valence-electron chi connectivity index (χ3n) is 7.15. The van der Waals surface area contributed by atoms with Gasteiger partial charge in [0.1, 0.15) is 6.04 Å². The van der Waals surface area contributed by atoms with Gasteiger partial charge in [0.15, 0.2) is 0 Å². The lowest BCUT2D eigenvalue weighted by molar-refractivity contribution is -0.155. The number of nitrogens with one attached hydrogen (secondary N) is 1. The van der Waals surface area contributed by atoms with Crippen molar-refractivity contribution in [1.82, 2.24) is 10.2 Å². The number of carbonyl (C=O) groups is 3. The van der Waals surface area contributed by atoms with Crippen LogP contribution in [0.3, 0.4) is 0 Å². The van der Waals surface area contributed by atoms with E-state index >= 15 is 0 Å². The number of thioether (sulfide) groups is 1. The van der Waals surface area contributed by atoms with E-state index in [0.29, 0.717) is 13.0 Å². The zero-order valence-electron chi connectivity index (χ0n) is 18.8. The number of likely N-dealkylation sites (tertiary alicyclic amines) is 1. The minimum Gasteiger partial charge on any atom is -0.466 e. The van der Waals surface area contributed by atoms with Crippen LogP contribution in [0.25, 0.3) is 0 Å². The number of hydrogen-bond donors (Lipinski definition) is 2. The molecule has 0 saturated carbocycles. The number of amides is 2. The first-order valence-electron chi connectivity index (χ1n) is 11.3. The Bertz CT molecular complexity index is 701. The highest BCUT2D eigenvalue weighted by atomic mass is 32.2. The fraction of sp³-hybridized carbons (Fsp3) is 0.864. The van der Waals surface area contributed by atoms with Crippen LogP contribution in [0.15, 0.2) is 0 Å². The topological polar surface area (TPSA) is 95.9 Å². The molecule has 7 nitrogen and oxygen atoms in total. The largest absolute Gasteiger partial charge is 0.466 e. The van der Waals surface area contributed by atoms with Crippen LogP contribution in [0.1, 0.15) is 60.3 Å². The minimum atomic E-state index is -0.683. The number of esters is 1. The van der Waals surface area contributed by atoms with E-state index in [2.05, 4.69) is 12.2 Å². The number of ether oxygens (including phenoxy) is 1. The van der Waals surface area contributed by atoms with E-state index in [9.17, 15) is 19.5 Å². The monoisotopic (exact) mass is 440 g/mol. The molecule has 3 aliphatic heterocycles. The molecule has 3 aliphatic rings. The molecule has 1 spiro atoms. The van der Waals surface area contributed by atoms with Gasteiger partial charge in [0.25, 0.3) is 0 Å². The van der Waals surface area contributed by atoms with E-state index in [1.165, 1.54) is 0 Å². The molecule has 3 heterocycles. The Balaban J connectivity index is 2.05. The predicted molar refractivity (Wildman–Crippen MR) is 116 cm³/mol. The number of rotatable bonds is 9. The van der Waals surface area contributed by atoms with Gasteiger partial charge in [-0.05, 0) is 39.0 Å². The fourth-order valence-corrected chi connectivity index (χ4v) is 8.05. The maximum atomic E-state index is 13.8. The predicted octanol–water partition coefficient (Wildman–Crippen LogP) is 1.96. The normalized spacial score (nSPS) is 35.6. The lowest BCUT2D eigenvalue weighted by Gasteiger charge is -2.38. The van der Waals surface area contributed by atoms with E-state index in [1.807, 2.05) is 20.8 Å². The number of nitrogens with zero attached hydrogens (tertiary/aromatic N) is 1. The van der Waals surface area contributed by atoms with Crippen molar-refractivity contribution >= 4 is 29.5 Å². The maximum absolute atomic E-state index is 13.8. The molecule has 2 amide bonds. The van der Waals surface area contributed by atoms with Crippen LogP contribution in [0.4, 0.5) is 0 Å². The third kappa shape index (κ3) is 3.44. The third-order valence-corrected chi connectivity index (χ3v) is 9.13. The lowest BCUT2D eigenvalue weighted by Crippen LogP contribution is -2.57. The Kier molecular flexibility index (Phi) is 6.77. The Morgan fingerprint density at radius 2 is 2.03 bits per heavy atom. The summed E-state index contributed by atoms with van der Waals surface area (Å²) < 4.78 is 4.31. The van der Waals surface area contributed by atoms with Gasteiger partial charge in [0, 0.05) is 11.3 Å². The van der Waals surface area contributed by atoms with Gasteiger partial charge in [-0.3, -0.25) is 14.4 Å². The van der Waals surface area contributed by atoms with Crippen LogP contribution < -0.4 is 5.32 Å². The second kappa shape index (κ2) is 8.69. The SMILES string of the molecule is CCCCNC(=O)C1N([C@@H](CO)C(C)C)C(=O)[C@@H]2[C@H](C(=O)OCC)[C@]3(C)CCC12S3. The summed E-state index contributed by atoms with van der Waals surface area (Å²) in [5.74, 6) is -1.86. The van der Waals surface area contributed by atoms with Crippen molar-refractivity contribution in [1.29, 1.82) is 0 Å². The number of unbranched alkanes of at least 4 members (excludes halogenated alkanes) is 1. The minimum absolute atomic E-state index is 0.0149. The van der Waals surface area contributed by atoms with Crippen LogP contribution in [-0.2, 0) is 19.1 Å². The van der Waals surface area contributed by atoms with Crippen molar-refractivity contribution in [3.63, 3.8) is 0 Å². The molecule has 0 aliphatic carbocycles. The Hall–Kier alpha value is -1.28. The maximum Gasteiger partial charge on any atom is 0.311 e. The summed E-state index contributed by atoms with van der Waals surface area (Å²) in [5, 5.41) is 13.1. The van der Waals surface area contributed by atoms with Gasteiger partial charge < -0.3 is 20.1 Å². The molecule has 3 fully saturated rings. The van der Waals surface area contributed by atoms with E-state index in [-0.39, 0.29) is 36.9 Å². The second-order valence-electron chi connectivity index (χ2n) is 9.36. The molecule has 170 valence electrons. The van der Waals surface area contributed by atoms with Gasteiger partial charge in [-0.15, -0.1) is 11.8 Å². The number of hydrogen-bond acceptors (Lipinski definition) is 6. The van der Waals surface area contributed by atoms with Crippen LogP contribution in [0.5, 0.6) is 0 Å². The van der Waals surface area contributed by atoms with Crippen LogP contribution >= 0.6 is 11.8 Å². The highest BCUT2D eigenvalue weighted by Gasteiger charge is 2.78. The molecular formula is C22H36N2O5S. The first kappa shape index (κ1) is 23.4. The number of aliphatic hydroxyl groups excluding tert-OH is 1. The Morgan fingerprint density at radius 3 is 2.60 bits per heavy atom. The van der Waals surface area contributed by atoms with Crippen molar-refractivity contribution in [2.75, 3.05) is 19.8 Å². The quantitative estimate of drug-likeness (QED) is 0.420. The molecule has 30 heavy (non-hydrogen) atoms. The fourth-order valence-electron chi connectivity index (χ4n) is 5.72. The van der Waals surface area contributed by atoms with Crippen LogP contribution in [0, 0.1) is 17.8 Å². The molecule has 0 radical (unpaired) electrons. The molecule has 6 atom stereocenters. The number of carbonyl (C=O) groups excluding carboxylic acids is 3. The smallest absolute Gasteiger partial charge is 0.311 e. The Labute approximate surface area is 183 Å². The van der Waals surface area contributed by atoms with Gasteiger partial charge in [0.2, 0.25) is 11.8 Å². The summed E-state index contributed by atoms with van der Waals surface area (Å²) in [6, 6.07) is -1.15. The molecule has 0 aromatic carbocycles. The number of aliphatic hydroxyl groups is 1. The van der Waals surface area contributed by atoms with Crippen molar-refractivity contribution < 1.29 is 24.2 Å². The molecule has 3 saturated heterocycles. The lowest BCUT2D eigenvalue weighted by atomic mass is 9.66. The van der Waals surface area contributed by atoms with E-state index in [1.54, 1.807) is 23.6 Å². The van der Waals surface area contributed by atoms with Gasteiger partial charge in [-0.1, -0.05) is 27.2 Å². The van der Waals surface area contributed by atoms with Gasteiger partial charge >= 0.3 is 5.97 Å². The van der Waals surface area contributed by atoms with Crippen molar-refractivity contribution in [2.45, 2.75) is 81.9 Å². The summed E-state index contributed by atoms with van der Waals surface area (Å²) in [6.45, 7) is 10.4. The molecule has 2 bridgehead atoms. The summed E-state index contributed by atoms with van der Waals surface area (Å²) in [4.78, 5) is 41.8. The summed E-state index contributed by atoms with van der Waals surface area (Å²) in [6.07, 6.45) is 3.30.